The fourth-order valence-electron chi connectivity index (χ4n) is 1.44. The van der Waals surface area contributed by atoms with Crippen LogP contribution >= 0.6 is 0 Å². The zero-order chi connectivity index (χ0) is 13.2. The molecule has 0 aliphatic carbocycles. The van der Waals surface area contributed by atoms with Gasteiger partial charge in [0.25, 0.3) is 0 Å². The summed E-state index contributed by atoms with van der Waals surface area (Å²) < 4.78 is 28.4. The molecular formula is C10H9F2NO4. The molecule has 0 bridgehead atoms. The van der Waals surface area contributed by atoms with Crippen molar-refractivity contribution in [1.82, 2.24) is 0 Å². The summed E-state index contributed by atoms with van der Waals surface area (Å²) in [6.45, 7) is -0.628. The standard InChI is InChI=1S/C10H9F2NO4/c1-5-7(6(2)14)3-4-8(13(15)16)9(5)17-10(11)12/h3-4,10H,1-2H3. The van der Waals surface area contributed by atoms with Crippen molar-refractivity contribution >= 4 is 11.5 Å². The summed E-state index contributed by atoms with van der Waals surface area (Å²) in [7, 11) is 0. The van der Waals surface area contributed by atoms with Crippen LogP contribution in [-0.4, -0.2) is 17.3 Å². The number of nitrogens with zero attached hydrogens (tertiary/aromatic N) is 1. The minimum atomic E-state index is -3.19. The normalized spacial score (nSPS) is 10.4. The van der Waals surface area contributed by atoms with Crippen molar-refractivity contribution in [3.8, 4) is 5.75 Å². The van der Waals surface area contributed by atoms with E-state index in [9.17, 15) is 23.7 Å². The highest BCUT2D eigenvalue weighted by Crippen LogP contribution is 2.34. The van der Waals surface area contributed by atoms with Crippen molar-refractivity contribution in [2.45, 2.75) is 20.5 Å². The van der Waals surface area contributed by atoms with Gasteiger partial charge in [-0.1, -0.05) is 0 Å². The summed E-state index contributed by atoms with van der Waals surface area (Å²) in [6.07, 6.45) is 0. The molecule has 0 N–H and O–H groups in total. The predicted molar refractivity (Wildman–Crippen MR) is 54.5 cm³/mol. The fourth-order valence-corrected chi connectivity index (χ4v) is 1.44. The Hall–Kier alpha value is -2.05. The number of nitro benzene ring substituents is 1. The van der Waals surface area contributed by atoms with Gasteiger partial charge in [0.05, 0.1) is 4.92 Å². The van der Waals surface area contributed by atoms with E-state index >= 15 is 0 Å². The first kappa shape index (κ1) is 13.0. The monoisotopic (exact) mass is 245 g/mol. The van der Waals surface area contributed by atoms with Crippen LogP contribution in [0.25, 0.3) is 0 Å². The summed E-state index contributed by atoms with van der Waals surface area (Å²) >= 11 is 0. The molecule has 17 heavy (non-hydrogen) atoms. The van der Waals surface area contributed by atoms with Crippen LogP contribution in [0.15, 0.2) is 12.1 Å². The molecule has 0 saturated carbocycles. The van der Waals surface area contributed by atoms with Gasteiger partial charge in [-0.15, -0.1) is 0 Å². The van der Waals surface area contributed by atoms with Crippen LogP contribution in [0.4, 0.5) is 14.5 Å². The van der Waals surface area contributed by atoms with Crippen molar-refractivity contribution in [1.29, 1.82) is 0 Å². The van der Waals surface area contributed by atoms with Crippen LogP contribution in [0.5, 0.6) is 5.75 Å². The second-order valence-corrected chi connectivity index (χ2v) is 3.28. The number of carbonyl (C=O) groups excluding carboxylic acids is 1. The van der Waals surface area contributed by atoms with Crippen LogP contribution in [0.3, 0.4) is 0 Å². The first-order valence-corrected chi connectivity index (χ1v) is 4.58. The van der Waals surface area contributed by atoms with Crippen molar-refractivity contribution in [3.05, 3.63) is 33.4 Å². The smallest absolute Gasteiger partial charge is 0.387 e. The van der Waals surface area contributed by atoms with Crippen LogP contribution in [0.1, 0.15) is 22.8 Å². The highest BCUT2D eigenvalue weighted by molar-refractivity contribution is 5.96. The molecular weight excluding hydrogens is 236 g/mol. The summed E-state index contributed by atoms with van der Waals surface area (Å²) in [4.78, 5) is 21.0. The number of hydrogen-bond acceptors (Lipinski definition) is 4. The molecule has 1 rings (SSSR count). The Bertz CT molecular complexity index is 474. The molecule has 0 aliphatic heterocycles. The Balaban J connectivity index is 3.41. The molecule has 0 saturated heterocycles. The van der Waals surface area contributed by atoms with Crippen molar-refractivity contribution in [2.24, 2.45) is 0 Å². The number of rotatable bonds is 4. The number of carbonyl (C=O) groups is 1. The van der Waals surface area contributed by atoms with Gasteiger partial charge in [-0.2, -0.15) is 8.78 Å². The molecule has 92 valence electrons. The number of Topliss-reactive ketones (excluding diaryl/α,β-unsaturated/α-hetero) is 1. The van der Waals surface area contributed by atoms with Gasteiger partial charge in [0.1, 0.15) is 0 Å². The number of ketones is 1. The second kappa shape index (κ2) is 4.86. The van der Waals surface area contributed by atoms with E-state index in [1.54, 1.807) is 0 Å². The van der Waals surface area contributed by atoms with Crippen LogP contribution in [0.2, 0.25) is 0 Å². The lowest BCUT2D eigenvalue weighted by Gasteiger charge is -2.10. The zero-order valence-electron chi connectivity index (χ0n) is 9.07. The van der Waals surface area contributed by atoms with Gasteiger partial charge in [-0.3, -0.25) is 14.9 Å². The van der Waals surface area contributed by atoms with Gasteiger partial charge in [-0.25, -0.2) is 0 Å². The summed E-state index contributed by atoms with van der Waals surface area (Å²) in [5, 5.41) is 10.6. The molecule has 0 fully saturated rings. The average Bonchev–Trinajstić information content (AvgIpc) is 2.19. The van der Waals surface area contributed by atoms with E-state index in [2.05, 4.69) is 4.74 Å². The van der Waals surface area contributed by atoms with E-state index in [4.69, 9.17) is 0 Å². The SMILES string of the molecule is CC(=O)c1ccc([N+](=O)[O-])c(OC(F)F)c1C. The van der Waals surface area contributed by atoms with Crippen LogP contribution in [-0.2, 0) is 0 Å². The molecule has 7 heteroatoms. The molecule has 0 aromatic heterocycles. The maximum absolute atomic E-state index is 12.1. The van der Waals surface area contributed by atoms with Crippen molar-refractivity contribution in [3.63, 3.8) is 0 Å². The summed E-state index contributed by atoms with van der Waals surface area (Å²) in [5.41, 5.74) is -0.439. The van der Waals surface area contributed by atoms with E-state index in [1.165, 1.54) is 19.9 Å². The number of halogens is 2. The Morgan fingerprint density at radius 1 is 1.47 bits per heavy atom. The Labute approximate surface area is 95.2 Å². The first-order valence-electron chi connectivity index (χ1n) is 4.58. The molecule has 0 amide bonds. The molecule has 0 unspecified atom stereocenters. The zero-order valence-corrected chi connectivity index (χ0v) is 9.07. The second-order valence-electron chi connectivity index (χ2n) is 3.28. The minimum Gasteiger partial charge on any atom is -0.427 e. The van der Waals surface area contributed by atoms with Gasteiger partial charge in [0.15, 0.2) is 5.78 Å². The van der Waals surface area contributed by atoms with Gasteiger partial charge in [0, 0.05) is 17.2 Å². The third-order valence-electron chi connectivity index (χ3n) is 2.17. The molecule has 0 heterocycles. The quantitative estimate of drug-likeness (QED) is 0.464. The first-order chi connectivity index (χ1) is 7.84. The lowest BCUT2D eigenvalue weighted by Crippen LogP contribution is -2.08. The molecule has 1 aromatic carbocycles. The largest absolute Gasteiger partial charge is 0.427 e. The molecule has 5 nitrogen and oxygen atoms in total. The predicted octanol–water partition coefficient (Wildman–Crippen LogP) is 2.71. The average molecular weight is 245 g/mol. The van der Waals surface area contributed by atoms with Crippen molar-refractivity contribution in [2.75, 3.05) is 0 Å². The highest BCUT2D eigenvalue weighted by atomic mass is 19.3. The number of ether oxygens (including phenoxy) is 1. The summed E-state index contributed by atoms with van der Waals surface area (Å²) in [6, 6.07) is 2.19. The topological polar surface area (TPSA) is 69.4 Å². The van der Waals surface area contributed by atoms with Gasteiger partial charge < -0.3 is 4.74 Å². The fraction of sp³-hybridized carbons (Fsp3) is 0.300. The molecule has 0 aliphatic rings. The maximum atomic E-state index is 12.1. The van der Waals surface area contributed by atoms with Crippen molar-refractivity contribution < 1.29 is 23.2 Å². The van der Waals surface area contributed by atoms with E-state index in [-0.39, 0.29) is 16.9 Å². The maximum Gasteiger partial charge on any atom is 0.387 e. The Kier molecular flexibility index (Phi) is 3.72. The van der Waals surface area contributed by atoms with Crippen LogP contribution in [0, 0.1) is 17.0 Å². The molecule has 0 spiro atoms. The van der Waals surface area contributed by atoms with E-state index in [1.807, 2.05) is 0 Å². The molecule has 0 atom stereocenters. The number of nitro groups is 1. The third-order valence-corrected chi connectivity index (χ3v) is 2.17. The van der Waals surface area contributed by atoms with E-state index in [0.717, 1.165) is 6.07 Å². The third kappa shape index (κ3) is 2.74. The number of benzene rings is 1. The summed E-state index contributed by atoms with van der Waals surface area (Å²) in [5.74, 6) is -0.950. The highest BCUT2D eigenvalue weighted by Gasteiger charge is 2.23. The molecule has 0 radical (unpaired) electrons. The minimum absolute atomic E-state index is 0.0343. The van der Waals surface area contributed by atoms with Gasteiger partial charge in [0.2, 0.25) is 5.75 Å². The van der Waals surface area contributed by atoms with Crippen LogP contribution < -0.4 is 4.74 Å². The lowest BCUT2D eigenvalue weighted by molar-refractivity contribution is -0.386. The molecule has 1 aromatic rings. The number of alkyl halides is 2. The Morgan fingerprint density at radius 3 is 2.47 bits per heavy atom. The Morgan fingerprint density at radius 2 is 2.06 bits per heavy atom. The number of hydrogen-bond donors (Lipinski definition) is 0. The lowest BCUT2D eigenvalue weighted by atomic mass is 10.0. The van der Waals surface area contributed by atoms with E-state index < -0.39 is 23.0 Å². The van der Waals surface area contributed by atoms with E-state index in [0.29, 0.717) is 0 Å². The van der Waals surface area contributed by atoms with Gasteiger partial charge in [-0.05, 0) is 19.9 Å². The van der Waals surface area contributed by atoms with Gasteiger partial charge >= 0.3 is 12.3 Å².